The topological polar surface area (TPSA) is 43.3 Å². The largest absolute Gasteiger partial charge is 0.616 e. The molecule has 2 nitrogen and oxygen atoms in total. The molecular weight excluding hydrogens is 136 g/mol. The molecule has 54 valence electrons. The summed E-state index contributed by atoms with van der Waals surface area (Å²) in [5.41, 5.74) is 0. The number of hydrogen-bond acceptors (Lipinski definition) is 2. The van der Waals surface area contributed by atoms with E-state index in [4.69, 9.17) is 5.11 Å². The summed E-state index contributed by atoms with van der Waals surface area (Å²) in [5, 5.41) is 8.83. The lowest BCUT2D eigenvalue weighted by Gasteiger charge is -2.27. The summed E-state index contributed by atoms with van der Waals surface area (Å²) in [4.78, 5) is 0. The highest BCUT2D eigenvalue weighted by molar-refractivity contribution is 7.92. The molecule has 0 aromatic rings. The van der Waals surface area contributed by atoms with E-state index in [1.807, 2.05) is 0 Å². The third kappa shape index (κ3) is 1.85. The van der Waals surface area contributed by atoms with Crippen molar-refractivity contribution in [3.63, 3.8) is 0 Å². The molecule has 0 saturated heterocycles. The Balaban J connectivity index is 2.08. The van der Waals surface area contributed by atoms with Gasteiger partial charge in [0.25, 0.3) is 0 Å². The van der Waals surface area contributed by atoms with Crippen LogP contribution in [0.25, 0.3) is 0 Å². The Hall–Kier alpha value is 0.270. The standard InChI is InChI=1S/C6H12O2S/c7-4-5-9(8)6-2-1-3-6/h6-7H,1-5H2. The van der Waals surface area contributed by atoms with Crippen LogP contribution >= 0.6 is 0 Å². The van der Waals surface area contributed by atoms with Gasteiger partial charge < -0.3 is 9.66 Å². The average molecular weight is 148 g/mol. The van der Waals surface area contributed by atoms with Gasteiger partial charge in [-0.25, -0.2) is 0 Å². The SMILES string of the molecule is [O-][S+](CCO)C1CCC1. The van der Waals surface area contributed by atoms with E-state index < -0.39 is 11.2 Å². The van der Waals surface area contributed by atoms with Crippen molar-refractivity contribution in [2.75, 3.05) is 12.4 Å². The third-order valence-electron chi connectivity index (χ3n) is 1.72. The molecule has 0 aromatic heterocycles. The summed E-state index contributed by atoms with van der Waals surface area (Å²) in [7, 11) is 0. The van der Waals surface area contributed by atoms with Crippen LogP contribution in [-0.4, -0.2) is 27.3 Å². The first-order chi connectivity index (χ1) is 4.34. The van der Waals surface area contributed by atoms with Crippen molar-refractivity contribution in [3.05, 3.63) is 0 Å². The number of aliphatic hydroxyl groups is 1. The van der Waals surface area contributed by atoms with Crippen molar-refractivity contribution in [3.8, 4) is 0 Å². The van der Waals surface area contributed by atoms with Crippen molar-refractivity contribution in [1.29, 1.82) is 0 Å². The molecule has 1 aliphatic rings. The first-order valence-electron chi connectivity index (χ1n) is 3.32. The number of aliphatic hydroxyl groups excluding tert-OH is 1. The lowest BCUT2D eigenvalue weighted by Crippen LogP contribution is -2.31. The van der Waals surface area contributed by atoms with Crippen molar-refractivity contribution in [1.82, 2.24) is 0 Å². The highest BCUT2D eigenvalue weighted by Crippen LogP contribution is 2.26. The second-order valence-corrected chi connectivity index (χ2v) is 4.20. The van der Waals surface area contributed by atoms with E-state index in [1.165, 1.54) is 6.42 Å². The van der Waals surface area contributed by atoms with Crippen molar-refractivity contribution < 1.29 is 9.66 Å². The van der Waals surface area contributed by atoms with Crippen LogP contribution in [0.5, 0.6) is 0 Å². The Bertz CT molecular complexity index is 83.1. The minimum absolute atomic E-state index is 0.0725. The molecule has 3 heteroatoms. The molecule has 1 aliphatic carbocycles. The van der Waals surface area contributed by atoms with Crippen LogP contribution in [0.1, 0.15) is 19.3 Å². The average Bonchev–Trinajstić information content (AvgIpc) is 1.60. The van der Waals surface area contributed by atoms with Gasteiger partial charge in [-0.05, 0) is 30.4 Å². The van der Waals surface area contributed by atoms with E-state index in [0.29, 0.717) is 11.0 Å². The van der Waals surface area contributed by atoms with Gasteiger partial charge in [0.15, 0.2) is 0 Å². The van der Waals surface area contributed by atoms with Gasteiger partial charge in [0.2, 0.25) is 0 Å². The Kier molecular flexibility index (Phi) is 2.82. The van der Waals surface area contributed by atoms with Gasteiger partial charge in [0, 0.05) is 0 Å². The van der Waals surface area contributed by atoms with Gasteiger partial charge in [0.1, 0.15) is 11.0 Å². The lowest BCUT2D eigenvalue weighted by molar-refractivity contribution is 0.318. The fourth-order valence-electron chi connectivity index (χ4n) is 0.890. The summed E-state index contributed by atoms with van der Waals surface area (Å²) in [6, 6.07) is 0. The highest BCUT2D eigenvalue weighted by atomic mass is 32.2. The predicted octanol–water partition coefficient (Wildman–Crippen LogP) is 0.280. The van der Waals surface area contributed by atoms with Crippen LogP contribution in [-0.2, 0) is 11.2 Å². The van der Waals surface area contributed by atoms with Gasteiger partial charge in [0.05, 0.1) is 6.61 Å². The van der Waals surface area contributed by atoms with E-state index in [1.54, 1.807) is 0 Å². The maximum absolute atomic E-state index is 11.0. The zero-order chi connectivity index (χ0) is 6.69. The Morgan fingerprint density at radius 2 is 2.22 bits per heavy atom. The van der Waals surface area contributed by atoms with Gasteiger partial charge >= 0.3 is 0 Å². The molecule has 0 amide bonds. The fraction of sp³-hybridized carbons (Fsp3) is 1.00. The third-order valence-corrected chi connectivity index (χ3v) is 3.52. The lowest BCUT2D eigenvalue weighted by atomic mass is 10.0. The zero-order valence-electron chi connectivity index (χ0n) is 5.38. The molecule has 1 saturated carbocycles. The van der Waals surface area contributed by atoms with Crippen LogP contribution < -0.4 is 0 Å². The Morgan fingerprint density at radius 1 is 1.56 bits per heavy atom. The normalized spacial score (nSPS) is 23.3. The van der Waals surface area contributed by atoms with E-state index in [-0.39, 0.29) is 6.61 Å². The molecule has 0 heterocycles. The summed E-state index contributed by atoms with van der Waals surface area (Å²) in [6.45, 7) is 0.0725. The quantitative estimate of drug-likeness (QED) is 0.584. The van der Waals surface area contributed by atoms with Crippen LogP contribution in [0.2, 0.25) is 0 Å². The first-order valence-corrected chi connectivity index (χ1v) is 4.71. The van der Waals surface area contributed by atoms with Crippen LogP contribution in [0.15, 0.2) is 0 Å². The highest BCUT2D eigenvalue weighted by Gasteiger charge is 2.28. The fourth-order valence-corrected chi connectivity index (χ4v) is 2.26. The van der Waals surface area contributed by atoms with E-state index >= 15 is 0 Å². The van der Waals surface area contributed by atoms with E-state index in [2.05, 4.69) is 0 Å². The molecule has 0 bridgehead atoms. The minimum Gasteiger partial charge on any atom is -0.616 e. The second kappa shape index (κ2) is 3.44. The molecule has 1 rings (SSSR count). The smallest absolute Gasteiger partial charge is 0.128 e. The summed E-state index contributed by atoms with van der Waals surface area (Å²) < 4.78 is 11.0. The molecule has 1 unspecified atom stereocenters. The second-order valence-electron chi connectivity index (χ2n) is 2.36. The predicted molar refractivity (Wildman–Crippen MR) is 37.7 cm³/mol. The maximum Gasteiger partial charge on any atom is 0.128 e. The summed E-state index contributed by atoms with van der Waals surface area (Å²) in [6.07, 6.45) is 3.43. The molecule has 1 N–H and O–H groups in total. The Morgan fingerprint density at radius 3 is 2.56 bits per heavy atom. The van der Waals surface area contributed by atoms with E-state index in [9.17, 15) is 4.55 Å². The molecule has 1 fully saturated rings. The molecule has 0 radical (unpaired) electrons. The van der Waals surface area contributed by atoms with Crippen molar-refractivity contribution in [2.45, 2.75) is 24.5 Å². The zero-order valence-corrected chi connectivity index (χ0v) is 6.19. The maximum atomic E-state index is 11.0. The molecule has 0 spiro atoms. The molecule has 0 aliphatic heterocycles. The monoisotopic (exact) mass is 148 g/mol. The summed E-state index contributed by atoms with van der Waals surface area (Å²) >= 11 is -0.728. The van der Waals surface area contributed by atoms with Gasteiger partial charge in [-0.2, -0.15) is 0 Å². The minimum atomic E-state index is -0.728. The number of rotatable bonds is 3. The van der Waals surface area contributed by atoms with Crippen molar-refractivity contribution in [2.24, 2.45) is 0 Å². The van der Waals surface area contributed by atoms with Gasteiger partial charge in [-0.15, -0.1) is 0 Å². The number of hydrogen-bond donors (Lipinski definition) is 1. The molecule has 1 atom stereocenters. The van der Waals surface area contributed by atoms with E-state index in [0.717, 1.165) is 12.8 Å². The van der Waals surface area contributed by atoms with Gasteiger partial charge in [-0.3, -0.25) is 0 Å². The Labute approximate surface area is 58.4 Å². The van der Waals surface area contributed by atoms with Crippen LogP contribution in [0.4, 0.5) is 0 Å². The van der Waals surface area contributed by atoms with Crippen LogP contribution in [0.3, 0.4) is 0 Å². The molecular formula is C6H12O2S. The van der Waals surface area contributed by atoms with Gasteiger partial charge in [-0.1, -0.05) is 0 Å². The van der Waals surface area contributed by atoms with Crippen LogP contribution in [0, 0.1) is 0 Å². The van der Waals surface area contributed by atoms with Crippen molar-refractivity contribution >= 4 is 11.2 Å². The first kappa shape index (κ1) is 7.38. The summed E-state index contributed by atoms with van der Waals surface area (Å²) in [5.74, 6) is 0.477. The molecule has 0 aromatic carbocycles. The molecule has 9 heavy (non-hydrogen) atoms.